The average Bonchev–Trinajstić information content (AvgIpc) is 2.62. The number of benzene rings is 2. The van der Waals surface area contributed by atoms with Crippen LogP contribution in [0.4, 0.5) is 5.69 Å². The Morgan fingerprint density at radius 3 is 2.52 bits per heavy atom. The number of phenols is 1. The van der Waals surface area contributed by atoms with Crippen LogP contribution < -0.4 is 19.5 Å². The van der Waals surface area contributed by atoms with Gasteiger partial charge in [0.05, 0.1) is 20.8 Å². The van der Waals surface area contributed by atoms with Gasteiger partial charge in [-0.15, -0.1) is 0 Å². The van der Waals surface area contributed by atoms with Crippen LogP contribution in [0.25, 0.3) is 0 Å². The van der Waals surface area contributed by atoms with Crippen molar-refractivity contribution in [2.24, 2.45) is 0 Å². The van der Waals surface area contributed by atoms with E-state index in [1.807, 2.05) is 19.1 Å². The second-order valence-corrected chi connectivity index (χ2v) is 5.76. The van der Waals surface area contributed by atoms with E-state index in [9.17, 15) is 9.90 Å². The fourth-order valence-electron chi connectivity index (χ4n) is 3.10. The number of hydrogen-bond donors (Lipinski definition) is 2. The molecule has 1 heterocycles. The van der Waals surface area contributed by atoms with Crippen molar-refractivity contribution >= 4 is 11.6 Å². The van der Waals surface area contributed by atoms with Crippen LogP contribution in [0, 0.1) is 0 Å². The lowest BCUT2D eigenvalue weighted by Gasteiger charge is -2.27. The van der Waals surface area contributed by atoms with Gasteiger partial charge in [0.25, 0.3) is 0 Å². The number of carbonyl (C=O) groups excluding carboxylic acids is 1. The van der Waals surface area contributed by atoms with Gasteiger partial charge >= 0.3 is 0 Å². The Balaban J connectivity index is 2.10. The van der Waals surface area contributed by atoms with E-state index in [1.54, 1.807) is 32.4 Å². The number of fused-ring (bicyclic) bond motifs is 1. The van der Waals surface area contributed by atoms with Gasteiger partial charge in [0, 0.05) is 24.1 Å². The SMILES string of the molecule is CCOc1cc([C@H]2CC(=O)Nc3cc(OC)c(OC)cc32)ccc1O. The topological polar surface area (TPSA) is 77.0 Å². The zero-order chi connectivity index (χ0) is 18.0. The van der Waals surface area contributed by atoms with Crippen LogP contribution in [0.1, 0.15) is 30.4 Å². The van der Waals surface area contributed by atoms with Crippen molar-refractivity contribution in [3.8, 4) is 23.0 Å². The highest BCUT2D eigenvalue weighted by atomic mass is 16.5. The smallest absolute Gasteiger partial charge is 0.225 e. The molecule has 0 spiro atoms. The van der Waals surface area contributed by atoms with Crippen molar-refractivity contribution in [3.63, 3.8) is 0 Å². The van der Waals surface area contributed by atoms with Crippen molar-refractivity contribution in [2.45, 2.75) is 19.3 Å². The Hall–Kier alpha value is -2.89. The summed E-state index contributed by atoms with van der Waals surface area (Å²) in [6.45, 7) is 2.30. The summed E-state index contributed by atoms with van der Waals surface area (Å²) in [6, 6.07) is 8.82. The minimum Gasteiger partial charge on any atom is -0.504 e. The Labute approximate surface area is 146 Å². The maximum Gasteiger partial charge on any atom is 0.225 e. The molecule has 2 aromatic rings. The summed E-state index contributed by atoms with van der Waals surface area (Å²) in [5.41, 5.74) is 2.53. The van der Waals surface area contributed by atoms with Crippen LogP contribution in [0.5, 0.6) is 23.0 Å². The predicted molar refractivity (Wildman–Crippen MR) is 93.9 cm³/mol. The lowest BCUT2D eigenvalue weighted by atomic mass is 9.84. The van der Waals surface area contributed by atoms with Crippen molar-refractivity contribution < 1.29 is 24.1 Å². The van der Waals surface area contributed by atoms with Crippen LogP contribution in [0.15, 0.2) is 30.3 Å². The molecule has 3 rings (SSSR count). The van der Waals surface area contributed by atoms with Crippen molar-refractivity contribution in [1.82, 2.24) is 0 Å². The number of hydrogen-bond acceptors (Lipinski definition) is 5. The van der Waals surface area contributed by atoms with E-state index < -0.39 is 0 Å². The zero-order valence-corrected chi connectivity index (χ0v) is 14.5. The number of phenolic OH excluding ortho intramolecular Hbond substituents is 1. The third kappa shape index (κ3) is 3.20. The molecule has 6 nitrogen and oxygen atoms in total. The molecule has 25 heavy (non-hydrogen) atoms. The average molecular weight is 343 g/mol. The maximum atomic E-state index is 12.2. The Bertz CT molecular complexity index is 803. The van der Waals surface area contributed by atoms with Gasteiger partial charge in [-0.2, -0.15) is 0 Å². The fraction of sp³-hybridized carbons (Fsp3) is 0.316. The van der Waals surface area contributed by atoms with E-state index in [2.05, 4.69) is 5.32 Å². The normalized spacial score (nSPS) is 16.0. The summed E-state index contributed by atoms with van der Waals surface area (Å²) in [5.74, 6) is 1.42. The Kier molecular flexibility index (Phi) is 4.70. The molecule has 0 saturated heterocycles. The van der Waals surface area contributed by atoms with Crippen molar-refractivity contribution in [2.75, 3.05) is 26.1 Å². The summed E-state index contributed by atoms with van der Waals surface area (Å²) in [7, 11) is 3.13. The summed E-state index contributed by atoms with van der Waals surface area (Å²) < 4.78 is 16.2. The molecule has 0 bridgehead atoms. The van der Waals surface area contributed by atoms with Crippen LogP contribution in [0.3, 0.4) is 0 Å². The van der Waals surface area contributed by atoms with Crippen LogP contribution in [-0.2, 0) is 4.79 Å². The molecule has 1 atom stereocenters. The molecule has 0 aromatic heterocycles. The lowest BCUT2D eigenvalue weighted by Crippen LogP contribution is -2.23. The molecule has 0 saturated carbocycles. The predicted octanol–water partition coefficient (Wildman–Crippen LogP) is 3.28. The molecule has 0 unspecified atom stereocenters. The van der Waals surface area contributed by atoms with E-state index in [0.717, 1.165) is 11.1 Å². The molecule has 6 heteroatoms. The Morgan fingerprint density at radius 2 is 1.84 bits per heavy atom. The second kappa shape index (κ2) is 6.93. The van der Waals surface area contributed by atoms with Gasteiger partial charge in [-0.25, -0.2) is 0 Å². The second-order valence-electron chi connectivity index (χ2n) is 5.76. The van der Waals surface area contributed by atoms with Crippen LogP contribution in [0.2, 0.25) is 0 Å². The first-order valence-electron chi connectivity index (χ1n) is 8.08. The molecule has 2 N–H and O–H groups in total. The number of rotatable bonds is 5. The first-order valence-corrected chi connectivity index (χ1v) is 8.08. The van der Waals surface area contributed by atoms with E-state index in [1.165, 1.54) is 0 Å². The molecule has 1 aliphatic rings. The number of methoxy groups -OCH3 is 2. The highest BCUT2D eigenvalue weighted by Crippen LogP contribution is 2.44. The van der Waals surface area contributed by atoms with E-state index >= 15 is 0 Å². The lowest BCUT2D eigenvalue weighted by molar-refractivity contribution is -0.116. The first kappa shape index (κ1) is 17.0. The number of amides is 1. The number of ether oxygens (including phenoxy) is 3. The van der Waals surface area contributed by atoms with Crippen LogP contribution in [-0.4, -0.2) is 31.8 Å². The minimum atomic E-state index is -0.164. The monoisotopic (exact) mass is 343 g/mol. The number of anilines is 1. The number of nitrogens with one attached hydrogen (secondary N) is 1. The van der Waals surface area contributed by atoms with E-state index in [-0.39, 0.29) is 17.6 Å². The van der Waals surface area contributed by atoms with Gasteiger partial charge in [-0.05, 0) is 36.2 Å². The molecule has 0 radical (unpaired) electrons. The van der Waals surface area contributed by atoms with Gasteiger partial charge in [-0.3, -0.25) is 4.79 Å². The standard InChI is InChI=1S/C19H21NO5/c1-4-25-16-7-11(5-6-15(16)21)12-9-19(22)20-14-10-18(24-3)17(23-2)8-13(12)14/h5-8,10,12,21H,4,9H2,1-3H3,(H,20,22)/t12-/m1/s1. The van der Waals surface area contributed by atoms with E-state index in [4.69, 9.17) is 14.2 Å². The molecular weight excluding hydrogens is 322 g/mol. The molecule has 0 fully saturated rings. The van der Waals surface area contributed by atoms with Crippen LogP contribution >= 0.6 is 0 Å². The third-order valence-corrected chi connectivity index (χ3v) is 4.28. The molecular formula is C19H21NO5. The van der Waals surface area contributed by atoms with Gasteiger partial charge in [0.15, 0.2) is 23.0 Å². The third-order valence-electron chi connectivity index (χ3n) is 4.28. The van der Waals surface area contributed by atoms with Crippen molar-refractivity contribution in [3.05, 3.63) is 41.5 Å². The van der Waals surface area contributed by atoms with E-state index in [0.29, 0.717) is 36.0 Å². The quantitative estimate of drug-likeness (QED) is 0.871. The maximum absolute atomic E-state index is 12.2. The van der Waals surface area contributed by atoms with Gasteiger partial charge < -0.3 is 24.6 Å². The first-order chi connectivity index (χ1) is 12.1. The number of carbonyl (C=O) groups is 1. The molecule has 2 aromatic carbocycles. The fourth-order valence-corrected chi connectivity index (χ4v) is 3.10. The molecule has 0 aliphatic carbocycles. The summed E-state index contributed by atoms with van der Waals surface area (Å²) >= 11 is 0. The summed E-state index contributed by atoms with van der Waals surface area (Å²) in [6.07, 6.45) is 0.304. The van der Waals surface area contributed by atoms with Gasteiger partial charge in [-0.1, -0.05) is 6.07 Å². The van der Waals surface area contributed by atoms with Gasteiger partial charge in [0.1, 0.15) is 0 Å². The summed E-state index contributed by atoms with van der Waals surface area (Å²) in [5, 5.41) is 12.8. The molecule has 1 amide bonds. The van der Waals surface area contributed by atoms with Crippen molar-refractivity contribution in [1.29, 1.82) is 0 Å². The summed E-state index contributed by atoms with van der Waals surface area (Å²) in [4.78, 5) is 12.2. The largest absolute Gasteiger partial charge is 0.504 e. The zero-order valence-electron chi connectivity index (χ0n) is 14.5. The highest BCUT2D eigenvalue weighted by molar-refractivity contribution is 5.96. The Morgan fingerprint density at radius 1 is 1.12 bits per heavy atom. The van der Waals surface area contributed by atoms with Gasteiger partial charge in [0.2, 0.25) is 5.91 Å². The highest BCUT2D eigenvalue weighted by Gasteiger charge is 2.29. The molecule has 1 aliphatic heterocycles. The minimum absolute atomic E-state index is 0.0734. The molecule has 132 valence electrons. The number of aromatic hydroxyl groups is 1.